The second kappa shape index (κ2) is 2.86. The summed E-state index contributed by atoms with van der Waals surface area (Å²) in [6, 6.07) is 2.01. The largest absolute Gasteiger partial charge is 0.281 e. The molecular formula is C8H13ClN2. The first kappa shape index (κ1) is 8.60. The molecule has 0 aliphatic heterocycles. The van der Waals surface area contributed by atoms with Crippen LogP contribution in [-0.2, 0) is 11.3 Å². The smallest absolute Gasteiger partial charge is 0.0678 e. The highest BCUT2D eigenvalue weighted by Crippen LogP contribution is 2.20. The molecule has 0 radical (unpaired) electrons. The minimum Gasteiger partial charge on any atom is -0.281 e. The van der Waals surface area contributed by atoms with E-state index in [2.05, 4.69) is 31.0 Å². The molecule has 1 rings (SSSR count). The van der Waals surface area contributed by atoms with E-state index in [0.29, 0.717) is 5.88 Å². The Morgan fingerprint density at radius 3 is 2.45 bits per heavy atom. The maximum Gasteiger partial charge on any atom is 0.0678 e. The summed E-state index contributed by atoms with van der Waals surface area (Å²) in [7, 11) is 0. The summed E-state index contributed by atoms with van der Waals surface area (Å²) in [6.07, 6.45) is 0. The van der Waals surface area contributed by atoms with Gasteiger partial charge in [-0.2, -0.15) is 5.10 Å². The molecule has 0 unspecified atom stereocenters. The lowest BCUT2D eigenvalue weighted by Crippen LogP contribution is -2.11. The Kier molecular flexibility index (Phi) is 2.23. The number of hydrogen-bond acceptors (Lipinski definition) is 1. The summed E-state index contributed by atoms with van der Waals surface area (Å²) in [5.74, 6) is 0.503. The fourth-order valence-corrected chi connectivity index (χ4v) is 0.951. The third-order valence-electron chi connectivity index (χ3n) is 1.54. The molecule has 1 N–H and O–H groups in total. The van der Waals surface area contributed by atoms with E-state index in [-0.39, 0.29) is 5.41 Å². The molecular weight excluding hydrogens is 160 g/mol. The lowest BCUT2D eigenvalue weighted by atomic mass is 9.92. The van der Waals surface area contributed by atoms with E-state index in [1.165, 1.54) is 0 Å². The van der Waals surface area contributed by atoms with Crippen LogP contribution in [0.1, 0.15) is 32.2 Å². The van der Waals surface area contributed by atoms with Crippen LogP contribution in [0.3, 0.4) is 0 Å². The second-order valence-electron chi connectivity index (χ2n) is 3.66. The van der Waals surface area contributed by atoms with E-state index < -0.39 is 0 Å². The zero-order valence-corrected chi connectivity index (χ0v) is 7.87. The van der Waals surface area contributed by atoms with Crippen LogP contribution in [0, 0.1) is 0 Å². The van der Waals surface area contributed by atoms with Gasteiger partial charge in [0.05, 0.1) is 17.3 Å². The van der Waals surface area contributed by atoms with Crippen LogP contribution in [0.5, 0.6) is 0 Å². The van der Waals surface area contributed by atoms with E-state index in [0.717, 1.165) is 11.4 Å². The molecule has 3 heteroatoms. The van der Waals surface area contributed by atoms with Crippen LogP contribution in [0.15, 0.2) is 6.07 Å². The van der Waals surface area contributed by atoms with Crippen molar-refractivity contribution >= 4 is 11.6 Å². The van der Waals surface area contributed by atoms with Gasteiger partial charge in [-0.15, -0.1) is 11.6 Å². The summed E-state index contributed by atoms with van der Waals surface area (Å²) in [4.78, 5) is 0. The standard InChI is InChI=1S/C8H13ClN2/c1-8(2,3)7-4-6(5-9)10-11-7/h4H,5H2,1-3H3,(H,10,11). The first-order valence-corrected chi connectivity index (χ1v) is 4.18. The fourth-order valence-electron chi connectivity index (χ4n) is 0.814. The van der Waals surface area contributed by atoms with E-state index in [4.69, 9.17) is 11.6 Å². The van der Waals surface area contributed by atoms with Crippen LogP contribution in [0.4, 0.5) is 0 Å². The number of halogens is 1. The average molecular weight is 173 g/mol. The van der Waals surface area contributed by atoms with E-state index in [9.17, 15) is 0 Å². The first-order chi connectivity index (χ1) is 5.04. The van der Waals surface area contributed by atoms with Gasteiger partial charge >= 0.3 is 0 Å². The number of nitrogens with one attached hydrogen (secondary N) is 1. The third-order valence-corrected chi connectivity index (χ3v) is 1.83. The summed E-state index contributed by atoms with van der Waals surface area (Å²) in [5, 5.41) is 7.03. The van der Waals surface area contributed by atoms with Crippen molar-refractivity contribution in [2.45, 2.75) is 32.1 Å². The molecule has 1 heterocycles. The Balaban J connectivity index is 2.89. The zero-order chi connectivity index (χ0) is 8.48. The van der Waals surface area contributed by atoms with Gasteiger partial charge in [-0.25, -0.2) is 0 Å². The molecule has 11 heavy (non-hydrogen) atoms. The molecule has 1 aromatic heterocycles. The predicted molar refractivity (Wildman–Crippen MR) is 46.8 cm³/mol. The van der Waals surface area contributed by atoms with E-state index >= 15 is 0 Å². The van der Waals surface area contributed by atoms with Crippen molar-refractivity contribution in [1.29, 1.82) is 0 Å². The van der Waals surface area contributed by atoms with Crippen molar-refractivity contribution in [3.05, 3.63) is 17.5 Å². The Morgan fingerprint density at radius 1 is 1.55 bits per heavy atom. The number of rotatable bonds is 1. The quantitative estimate of drug-likeness (QED) is 0.648. The molecule has 0 aromatic carbocycles. The summed E-state index contributed by atoms with van der Waals surface area (Å²) >= 11 is 5.62. The molecule has 2 nitrogen and oxygen atoms in total. The SMILES string of the molecule is CC(C)(C)c1cc(CCl)[nH]n1. The highest BCUT2D eigenvalue weighted by atomic mass is 35.5. The molecule has 0 spiro atoms. The summed E-state index contributed by atoms with van der Waals surface area (Å²) in [5.41, 5.74) is 2.16. The molecule has 1 aromatic rings. The number of aromatic nitrogens is 2. The van der Waals surface area contributed by atoms with Crippen molar-refractivity contribution in [2.75, 3.05) is 0 Å². The van der Waals surface area contributed by atoms with Crippen LogP contribution in [0.2, 0.25) is 0 Å². The Bertz CT molecular complexity index is 234. The Morgan fingerprint density at radius 2 is 2.18 bits per heavy atom. The van der Waals surface area contributed by atoms with Crippen molar-refractivity contribution < 1.29 is 0 Å². The number of nitrogens with zero attached hydrogens (tertiary/aromatic N) is 1. The van der Waals surface area contributed by atoms with Crippen LogP contribution in [-0.4, -0.2) is 10.2 Å². The Hall–Kier alpha value is -0.500. The second-order valence-corrected chi connectivity index (χ2v) is 3.93. The van der Waals surface area contributed by atoms with Gasteiger partial charge in [0.25, 0.3) is 0 Å². The molecule has 0 amide bonds. The maximum absolute atomic E-state index is 5.62. The van der Waals surface area contributed by atoms with Crippen molar-refractivity contribution in [2.24, 2.45) is 0 Å². The van der Waals surface area contributed by atoms with Crippen molar-refractivity contribution in [3.63, 3.8) is 0 Å². The van der Waals surface area contributed by atoms with E-state index in [1.807, 2.05) is 6.07 Å². The topological polar surface area (TPSA) is 28.7 Å². The normalized spacial score (nSPS) is 12.0. The third kappa shape index (κ3) is 1.96. The van der Waals surface area contributed by atoms with Gasteiger partial charge in [0.2, 0.25) is 0 Å². The lowest BCUT2D eigenvalue weighted by Gasteiger charge is -2.13. The average Bonchev–Trinajstić information content (AvgIpc) is 2.32. The molecule has 0 aliphatic carbocycles. The predicted octanol–water partition coefficient (Wildman–Crippen LogP) is 2.45. The number of H-pyrrole nitrogens is 1. The van der Waals surface area contributed by atoms with Gasteiger partial charge in [0.15, 0.2) is 0 Å². The molecule has 62 valence electrons. The van der Waals surface area contributed by atoms with Gasteiger partial charge in [-0.05, 0) is 6.07 Å². The monoisotopic (exact) mass is 172 g/mol. The van der Waals surface area contributed by atoms with Crippen LogP contribution >= 0.6 is 11.6 Å². The molecule has 0 fully saturated rings. The fraction of sp³-hybridized carbons (Fsp3) is 0.625. The van der Waals surface area contributed by atoms with Gasteiger partial charge in [-0.3, -0.25) is 5.10 Å². The summed E-state index contributed by atoms with van der Waals surface area (Å²) < 4.78 is 0. The van der Waals surface area contributed by atoms with Gasteiger partial charge in [0.1, 0.15) is 0 Å². The van der Waals surface area contributed by atoms with Gasteiger partial charge < -0.3 is 0 Å². The molecule has 0 atom stereocenters. The zero-order valence-electron chi connectivity index (χ0n) is 7.11. The molecule has 0 bridgehead atoms. The van der Waals surface area contributed by atoms with Crippen LogP contribution in [0.25, 0.3) is 0 Å². The first-order valence-electron chi connectivity index (χ1n) is 3.65. The van der Waals surface area contributed by atoms with Crippen molar-refractivity contribution in [3.8, 4) is 0 Å². The highest BCUT2D eigenvalue weighted by molar-refractivity contribution is 6.16. The van der Waals surface area contributed by atoms with Gasteiger partial charge in [-0.1, -0.05) is 20.8 Å². The maximum atomic E-state index is 5.62. The van der Waals surface area contributed by atoms with Gasteiger partial charge in [0, 0.05) is 5.41 Å². The number of hydrogen-bond donors (Lipinski definition) is 1. The number of alkyl halides is 1. The molecule has 0 saturated carbocycles. The van der Waals surface area contributed by atoms with E-state index in [1.54, 1.807) is 0 Å². The van der Waals surface area contributed by atoms with Crippen molar-refractivity contribution in [1.82, 2.24) is 10.2 Å². The minimum absolute atomic E-state index is 0.112. The number of aromatic amines is 1. The Labute approximate surface area is 72.0 Å². The molecule has 0 aliphatic rings. The minimum atomic E-state index is 0.112. The summed E-state index contributed by atoms with van der Waals surface area (Å²) in [6.45, 7) is 6.38. The highest BCUT2D eigenvalue weighted by Gasteiger charge is 2.16. The van der Waals surface area contributed by atoms with Crippen LogP contribution < -0.4 is 0 Å². The lowest BCUT2D eigenvalue weighted by molar-refractivity contribution is 0.567. The molecule has 0 saturated heterocycles.